The predicted octanol–water partition coefficient (Wildman–Crippen LogP) is 4.47. The third-order valence-electron chi connectivity index (χ3n) is 4.09. The third kappa shape index (κ3) is 4.61. The van der Waals surface area contributed by atoms with Crippen LogP contribution in [-0.4, -0.2) is 25.8 Å². The molecule has 11 heteroatoms. The van der Waals surface area contributed by atoms with Crippen LogP contribution in [0.3, 0.4) is 0 Å². The summed E-state index contributed by atoms with van der Waals surface area (Å²) in [5, 5.41) is 11.8. The van der Waals surface area contributed by atoms with Crippen LogP contribution >= 0.6 is 0 Å². The molecule has 2 aromatic carbocycles. The fourth-order valence-corrected chi connectivity index (χ4v) is 2.64. The summed E-state index contributed by atoms with van der Waals surface area (Å²) < 4.78 is 41.5. The summed E-state index contributed by atoms with van der Waals surface area (Å²) in [7, 11) is 0. The molecular weight excluding hydrogens is 411 g/mol. The summed E-state index contributed by atoms with van der Waals surface area (Å²) in [6.45, 7) is 0. The monoisotopic (exact) mass is 425 g/mol. The van der Waals surface area contributed by atoms with Crippen molar-refractivity contribution in [3.63, 3.8) is 0 Å². The Balaban J connectivity index is 1.39. The molecule has 0 saturated heterocycles. The molecule has 31 heavy (non-hydrogen) atoms. The van der Waals surface area contributed by atoms with Crippen molar-refractivity contribution in [2.45, 2.75) is 0 Å². The number of amides is 2. The molecule has 156 valence electrons. The first-order chi connectivity index (χ1) is 15.0. The number of benzene rings is 2. The van der Waals surface area contributed by atoms with Crippen LogP contribution in [0.2, 0.25) is 0 Å². The van der Waals surface area contributed by atoms with E-state index in [9.17, 15) is 18.0 Å². The third-order valence-corrected chi connectivity index (χ3v) is 4.09. The van der Waals surface area contributed by atoms with Crippen molar-refractivity contribution in [3.05, 3.63) is 84.7 Å². The summed E-state index contributed by atoms with van der Waals surface area (Å²) in [5.74, 6) is -3.36. The highest BCUT2D eigenvalue weighted by molar-refractivity contribution is 5.99. The lowest BCUT2D eigenvalue weighted by molar-refractivity contribution is 0.262. The van der Waals surface area contributed by atoms with Gasteiger partial charge in [0, 0.05) is 29.8 Å². The maximum atomic E-state index is 13.7. The Morgan fingerprint density at radius 2 is 1.68 bits per heavy atom. The molecule has 0 spiro atoms. The minimum Gasteiger partial charge on any atom is -0.340 e. The summed E-state index contributed by atoms with van der Waals surface area (Å²) in [6.07, 6.45) is 4.79. The average molecular weight is 425 g/mol. The molecule has 0 atom stereocenters. The number of carbonyl (C=O) groups is 1. The van der Waals surface area contributed by atoms with Crippen LogP contribution in [0.25, 0.3) is 5.82 Å². The number of rotatable bonds is 5. The Morgan fingerprint density at radius 1 is 0.903 bits per heavy atom. The van der Waals surface area contributed by atoms with Crippen molar-refractivity contribution in [2.75, 3.05) is 16.0 Å². The Bertz CT molecular complexity index is 1210. The number of anilines is 4. The van der Waals surface area contributed by atoms with Crippen molar-refractivity contribution in [3.8, 4) is 5.82 Å². The number of urea groups is 1. The van der Waals surface area contributed by atoms with Crippen molar-refractivity contribution in [1.82, 2.24) is 19.7 Å². The van der Waals surface area contributed by atoms with Crippen LogP contribution in [0.1, 0.15) is 0 Å². The number of nitrogens with zero attached hydrogens (tertiary/aromatic N) is 4. The Morgan fingerprint density at radius 3 is 2.42 bits per heavy atom. The SMILES string of the molecule is O=C(Nc1ccc(Nc2cc(-n3cccn3)ncn2)cc1)Nc1ccc(F)c(F)c1F. The van der Waals surface area contributed by atoms with Gasteiger partial charge in [-0.1, -0.05) is 0 Å². The summed E-state index contributed by atoms with van der Waals surface area (Å²) in [6, 6.07) is 10.9. The number of carbonyl (C=O) groups excluding carboxylic acids is 1. The first-order valence-corrected chi connectivity index (χ1v) is 8.90. The van der Waals surface area contributed by atoms with Gasteiger partial charge in [-0.15, -0.1) is 0 Å². The second-order valence-electron chi connectivity index (χ2n) is 6.22. The van der Waals surface area contributed by atoms with E-state index in [-0.39, 0.29) is 0 Å². The summed E-state index contributed by atoms with van der Waals surface area (Å²) >= 11 is 0. The summed E-state index contributed by atoms with van der Waals surface area (Å²) in [5.41, 5.74) is 0.597. The quantitative estimate of drug-likeness (QED) is 0.410. The van der Waals surface area contributed by atoms with E-state index >= 15 is 0 Å². The van der Waals surface area contributed by atoms with Gasteiger partial charge in [-0.05, 0) is 42.5 Å². The van der Waals surface area contributed by atoms with Gasteiger partial charge in [-0.25, -0.2) is 32.6 Å². The minimum absolute atomic E-state index is 0.394. The van der Waals surface area contributed by atoms with Crippen LogP contribution in [0.15, 0.2) is 67.3 Å². The molecule has 0 bridgehead atoms. The van der Waals surface area contributed by atoms with Gasteiger partial charge in [0.2, 0.25) is 0 Å². The standard InChI is InChI=1S/C20H14F3N7O/c21-14-6-7-15(19(23)18(14)22)29-20(31)28-13-4-2-12(3-5-13)27-16-10-17(25-11-24-16)30-9-1-8-26-30/h1-11H,(H,24,25,27)(H2,28,29,31). The smallest absolute Gasteiger partial charge is 0.323 e. The number of hydrogen-bond acceptors (Lipinski definition) is 5. The van der Waals surface area contributed by atoms with E-state index in [4.69, 9.17) is 0 Å². The maximum Gasteiger partial charge on any atom is 0.323 e. The second kappa shape index (κ2) is 8.53. The molecule has 2 heterocycles. The zero-order valence-electron chi connectivity index (χ0n) is 15.7. The molecule has 4 aromatic rings. The van der Waals surface area contributed by atoms with Gasteiger partial charge >= 0.3 is 6.03 Å². The van der Waals surface area contributed by atoms with Gasteiger partial charge in [-0.2, -0.15) is 5.10 Å². The van der Waals surface area contributed by atoms with Crippen molar-refractivity contribution in [1.29, 1.82) is 0 Å². The van der Waals surface area contributed by atoms with Gasteiger partial charge in [0.05, 0.1) is 5.69 Å². The topological polar surface area (TPSA) is 96.8 Å². The van der Waals surface area contributed by atoms with Crippen LogP contribution in [0, 0.1) is 17.5 Å². The summed E-state index contributed by atoms with van der Waals surface area (Å²) in [4.78, 5) is 20.3. The van der Waals surface area contributed by atoms with Crippen molar-refractivity contribution in [2.24, 2.45) is 0 Å². The zero-order chi connectivity index (χ0) is 21.8. The van der Waals surface area contributed by atoms with Crippen molar-refractivity contribution < 1.29 is 18.0 Å². The van der Waals surface area contributed by atoms with Gasteiger partial charge in [0.15, 0.2) is 23.3 Å². The number of hydrogen-bond donors (Lipinski definition) is 3. The molecule has 0 radical (unpaired) electrons. The van der Waals surface area contributed by atoms with E-state index in [2.05, 4.69) is 31.0 Å². The lowest BCUT2D eigenvalue weighted by Crippen LogP contribution is -2.20. The number of nitrogens with one attached hydrogen (secondary N) is 3. The zero-order valence-corrected chi connectivity index (χ0v) is 15.7. The molecule has 3 N–H and O–H groups in total. The van der Waals surface area contributed by atoms with E-state index in [1.165, 1.54) is 6.33 Å². The normalized spacial score (nSPS) is 10.5. The highest BCUT2D eigenvalue weighted by Gasteiger charge is 2.15. The Hall–Kier alpha value is -4.41. The molecular formula is C20H14F3N7O. The first-order valence-electron chi connectivity index (χ1n) is 8.90. The molecule has 0 aliphatic heterocycles. The minimum atomic E-state index is -1.66. The molecule has 0 fully saturated rings. The molecule has 2 aromatic heterocycles. The number of aromatic nitrogens is 4. The van der Waals surface area contributed by atoms with Gasteiger partial charge < -0.3 is 16.0 Å². The van der Waals surface area contributed by atoms with E-state index in [1.807, 2.05) is 0 Å². The fourth-order valence-electron chi connectivity index (χ4n) is 2.64. The molecule has 8 nitrogen and oxygen atoms in total. The Labute approximate surface area is 173 Å². The molecule has 4 rings (SSSR count). The van der Waals surface area contributed by atoms with Crippen molar-refractivity contribution >= 4 is 28.9 Å². The lowest BCUT2D eigenvalue weighted by atomic mass is 10.2. The average Bonchev–Trinajstić information content (AvgIpc) is 3.31. The van der Waals surface area contributed by atoms with Crippen LogP contribution in [0.4, 0.5) is 40.8 Å². The van der Waals surface area contributed by atoms with Gasteiger partial charge in [-0.3, -0.25) is 0 Å². The highest BCUT2D eigenvalue weighted by Crippen LogP contribution is 2.21. The van der Waals surface area contributed by atoms with E-state index in [1.54, 1.807) is 53.5 Å². The molecule has 0 aliphatic rings. The molecule has 2 amide bonds. The van der Waals surface area contributed by atoms with Gasteiger partial charge in [0.1, 0.15) is 12.1 Å². The van der Waals surface area contributed by atoms with E-state index in [0.29, 0.717) is 23.0 Å². The Kier molecular flexibility index (Phi) is 5.47. The largest absolute Gasteiger partial charge is 0.340 e. The maximum absolute atomic E-state index is 13.7. The highest BCUT2D eigenvalue weighted by atomic mass is 19.2. The van der Waals surface area contributed by atoms with E-state index in [0.717, 1.165) is 12.1 Å². The molecule has 0 unspecified atom stereocenters. The predicted molar refractivity (Wildman–Crippen MR) is 108 cm³/mol. The molecule has 0 aliphatic carbocycles. The van der Waals surface area contributed by atoms with Crippen LogP contribution in [0.5, 0.6) is 0 Å². The fraction of sp³-hybridized carbons (Fsp3) is 0. The van der Waals surface area contributed by atoms with Gasteiger partial charge in [0.25, 0.3) is 0 Å². The first kappa shape index (κ1) is 19.9. The lowest BCUT2D eigenvalue weighted by Gasteiger charge is -2.10. The van der Waals surface area contributed by atoms with Crippen LogP contribution < -0.4 is 16.0 Å². The second-order valence-corrected chi connectivity index (χ2v) is 6.22. The van der Waals surface area contributed by atoms with E-state index < -0.39 is 29.2 Å². The van der Waals surface area contributed by atoms with Crippen LogP contribution in [-0.2, 0) is 0 Å². The molecule has 0 saturated carbocycles. The number of halogens is 3.